The van der Waals surface area contributed by atoms with Crippen LogP contribution >= 0.6 is 11.3 Å². The molecule has 4 heteroatoms. The highest BCUT2D eigenvalue weighted by Gasteiger charge is 2.53. The highest BCUT2D eigenvalue weighted by Crippen LogP contribution is 2.65. The van der Waals surface area contributed by atoms with E-state index < -0.39 is 5.41 Å². The van der Waals surface area contributed by atoms with E-state index in [0.717, 1.165) is 52.5 Å². The predicted octanol–water partition coefficient (Wildman–Crippen LogP) is 17.2. The van der Waals surface area contributed by atoms with E-state index >= 15 is 0 Å². The van der Waals surface area contributed by atoms with E-state index in [-0.39, 0.29) is 0 Å². The summed E-state index contributed by atoms with van der Waals surface area (Å²) >= 11 is 1.84. The van der Waals surface area contributed by atoms with E-state index in [0.29, 0.717) is 11.5 Å². The summed E-state index contributed by atoms with van der Waals surface area (Å²) in [6.07, 6.45) is 6.84. The Hall–Kier alpha value is -7.92. The molecule has 1 aliphatic heterocycles. The Morgan fingerprint density at radius 3 is 1.95 bits per heavy atom. The van der Waals surface area contributed by atoms with Crippen LogP contribution in [0.3, 0.4) is 0 Å². The fourth-order valence-electron chi connectivity index (χ4n) is 11.2. The molecule has 0 N–H and O–H groups in total. The second kappa shape index (κ2) is 14.0. The largest absolute Gasteiger partial charge is 0.449 e. The van der Waals surface area contributed by atoms with Crippen molar-refractivity contribution in [3.05, 3.63) is 240 Å². The second-order valence-electron chi connectivity index (χ2n) is 17.4. The highest BCUT2D eigenvalue weighted by molar-refractivity contribution is 7.25. The van der Waals surface area contributed by atoms with Crippen LogP contribution in [0.5, 0.6) is 23.0 Å². The maximum atomic E-state index is 7.02. The van der Waals surface area contributed by atoms with E-state index in [4.69, 9.17) is 9.47 Å². The third kappa shape index (κ3) is 5.35. The lowest BCUT2D eigenvalue weighted by molar-refractivity contribution is 0.359. The van der Waals surface area contributed by atoms with Crippen molar-refractivity contribution in [1.29, 1.82) is 0 Å². The number of rotatable bonds is 5. The Balaban J connectivity index is 0.889. The normalized spacial score (nSPS) is 16.1. The van der Waals surface area contributed by atoms with Gasteiger partial charge in [0.05, 0.1) is 11.1 Å². The molecule has 3 aliphatic carbocycles. The monoisotopic (exact) mass is 849 g/mol. The average Bonchev–Trinajstić information content (AvgIpc) is 3.99. The minimum Gasteiger partial charge on any atom is -0.449 e. The van der Waals surface area contributed by atoms with Gasteiger partial charge in [-0.2, -0.15) is 0 Å². The van der Waals surface area contributed by atoms with Crippen molar-refractivity contribution in [2.45, 2.75) is 18.3 Å². The summed E-state index contributed by atoms with van der Waals surface area (Å²) < 4.78 is 16.4. The number of fused-ring (bicyclic) bond motifs is 14. The first-order valence-corrected chi connectivity index (χ1v) is 23.3. The molecule has 1 unspecified atom stereocenters. The van der Waals surface area contributed by atoms with Crippen LogP contribution < -0.4 is 14.4 Å². The van der Waals surface area contributed by atoms with Crippen molar-refractivity contribution in [2.24, 2.45) is 0 Å². The van der Waals surface area contributed by atoms with Gasteiger partial charge in [-0.3, -0.25) is 0 Å². The van der Waals surface area contributed by atoms with Gasteiger partial charge in [-0.05, 0) is 135 Å². The Morgan fingerprint density at radius 1 is 0.431 bits per heavy atom. The first kappa shape index (κ1) is 36.6. The first-order chi connectivity index (χ1) is 32.2. The lowest BCUT2D eigenvalue weighted by Crippen LogP contribution is -2.27. The first-order valence-electron chi connectivity index (χ1n) is 22.5. The molecule has 3 nitrogen and oxygen atoms in total. The molecule has 0 radical (unpaired) electrons. The van der Waals surface area contributed by atoms with Crippen molar-refractivity contribution in [2.75, 3.05) is 4.90 Å². The topological polar surface area (TPSA) is 21.7 Å². The van der Waals surface area contributed by atoms with Crippen LogP contribution in [0.1, 0.15) is 35.1 Å². The van der Waals surface area contributed by atoms with Gasteiger partial charge in [-0.1, -0.05) is 152 Å². The van der Waals surface area contributed by atoms with Crippen LogP contribution in [0.4, 0.5) is 17.1 Å². The molecule has 1 spiro atoms. The lowest BCUT2D eigenvalue weighted by atomic mass is 9.69. The number of para-hydroxylation sites is 1. The molecule has 0 saturated carbocycles. The highest BCUT2D eigenvalue weighted by atomic mass is 32.1. The second-order valence-corrected chi connectivity index (χ2v) is 18.5. The fourth-order valence-corrected chi connectivity index (χ4v) is 12.4. The number of nitrogens with zero attached hydrogens (tertiary/aromatic N) is 1. The Labute approximate surface area is 381 Å². The van der Waals surface area contributed by atoms with Gasteiger partial charge in [-0.15, -0.1) is 11.3 Å². The molecule has 1 aromatic heterocycles. The molecule has 14 rings (SSSR count). The maximum absolute atomic E-state index is 7.02. The molecule has 65 heavy (non-hydrogen) atoms. The number of anilines is 3. The van der Waals surface area contributed by atoms with Crippen LogP contribution in [-0.2, 0) is 5.41 Å². The van der Waals surface area contributed by atoms with E-state index in [1.54, 1.807) is 0 Å². The average molecular weight is 850 g/mol. The third-order valence-electron chi connectivity index (χ3n) is 14.0. The van der Waals surface area contributed by atoms with E-state index in [1.807, 2.05) is 11.3 Å². The number of ether oxygens (including phenoxy) is 2. The fraction of sp³-hybridized carbons (Fsp3) is 0.0492. The van der Waals surface area contributed by atoms with Gasteiger partial charge in [0.2, 0.25) is 0 Å². The van der Waals surface area contributed by atoms with Gasteiger partial charge in [0.15, 0.2) is 23.0 Å². The van der Waals surface area contributed by atoms with Crippen LogP contribution in [0.2, 0.25) is 0 Å². The molecule has 0 saturated heterocycles. The maximum Gasteiger partial charge on any atom is 0.170 e. The van der Waals surface area contributed by atoms with Crippen LogP contribution in [0, 0.1) is 0 Å². The summed E-state index contributed by atoms with van der Waals surface area (Å²) in [5.74, 6) is 2.87. The number of allylic oxidation sites excluding steroid dienone is 4. The Kier molecular flexibility index (Phi) is 7.90. The van der Waals surface area contributed by atoms with Crippen LogP contribution in [0.15, 0.2) is 218 Å². The summed E-state index contributed by atoms with van der Waals surface area (Å²) in [4.78, 5) is 2.39. The van der Waals surface area contributed by atoms with E-state index in [1.165, 1.54) is 75.8 Å². The van der Waals surface area contributed by atoms with Gasteiger partial charge in [0, 0.05) is 37.1 Å². The van der Waals surface area contributed by atoms with Crippen molar-refractivity contribution in [3.8, 4) is 56.4 Å². The minimum absolute atomic E-state index is 0.421. The molecule has 4 aliphatic rings. The van der Waals surface area contributed by atoms with Gasteiger partial charge in [0.25, 0.3) is 0 Å². The van der Waals surface area contributed by atoms with Crippen molar-refractivity contribution in [3.63, 3.8) is 0 Å². The molecule has 9 aromatic carbocycles. The van der Waals surface area contributed by atoms with Crippen molar-refractivity contribution in [1.82, 2.24) is 0 Å². The molecule has 0 amide bonds. The predicted molar refractivity (Wildman–Crippen MR) is 269 cm³/mol. The summed E-state index contributed by atoms with van der Waals surface area (Å²) in [5, 5.41) is 2.57. The molecule has 1 atom stereocenters. The van der Waals surface area contributed by atoms with E-state index in [9.17, 15) is 0 Å². The molecule has 0 bridgehead atoms. The standard InChI is InChI=1S/C61H39NO2S/c1-2-14-38(15-3-1)39-26-29-41(30-27-39)62(42-31-32-48-47-20-8-13-25-59(47)65-60(48)35-42)54-24-12-7-16-43(54)40-28-33-55-56(34-40)64-58-37-53-49(36-57(58)63-55)46-19-6-11-23-52(46)61(53)50-21-9-4-17-44(50)45-18-5-10-22-51(45)61/h1-4,6-17,19-37H,5,18H2. The van der Waals surface area contributed by atoms with Crippen LogP contribution in [0.25, 0.3) is 59.1 Å². The number of benzene rings is 9. The quantitative estimate of drug-likeness (QED) is 0.172. The van der Waals surface area contributed by atoms with Gasteiger partial charge in [0.1, 0.15) is 0 Å². The Morgan fingerprint density at radius 2 is 1.08 bits per heavy atom. The molecule has 10 aromatic rings. The molecule has 0 fully saturated rings. The smallest absolute Gasteiger partial charge is 0.170 e. The summed E-state index contributed by atoms with van der Waals surface area (Å²) in [5.41, 5.74) is 17.9. The Bertz CT molecular complexity index is 3670. The van der Waals surface area contributed by atoms with Gasteiger partial charge in [-0.25, -0.2) is 0 Å². The molecule has 2 heterocycles. The number of thiophene rings is 1. The summed E-state index contributed by atoms with van der Waals surface area (Å²) in [7, 11) is 0. The SMILES string of the molecule is C1=CC2=C(CC1)c1ccccc1C21c2ccccc2-c2cc3c(cc21)Oc1cc(-c2ccccc2N(c2ccc(-c4ccccc4)cc2)c2ccc4c(c2)sc2ccccc24)ccc1O3. The zero-order valence-corrected chi connectivity index (χ0v) is 36.1. The summed E-state index contributed by atoms with van der Waals surface area (Å²) in [6, 6.07) is 72.6. The zero-order chi connectivity index (χ0) is 42.6. The number of hydrogen-bond donors (Lipinski definition) is 0. The number of hydrogen-bond acceptors (Lipinski definition) is 4. The molecular weight excluding hydrogens is 811 g/mol. The lowest BCUT2D eigenvalue weighted by Gasteiger charge is -2.33. The van der Waals surface area contributed by atoms with Gasteiger partial charge >= 0.3 is 0 Å². The minimum atomic E-state index is -0.421. The van der Waals surface area contributed by atoms with Gasteiger partial charge < -0.3 is 14.4 Å². The van der Waals surface area contributed by atoms with Crippen molar-refractivity contribution >= 4 is 54.1 Å². The molecule has 306 valence electrons. The zero-order valence-electron chi connectivity index (χ0n) is 35.3. The van der Waals surface area contributed by atoms with E-state index in [2.05, 4.69) is 217 Å². The van der Waals surface area contributed by atoms with Crippen molar-refractivity contribution < 1.29 is 9.47 Å². The third-order valence-corrected chi connectivity index (χ3v) is 15.2. The molecular formula is C61H39NO2S. The summed E-state index contributed by atoms with van der Waals surface area (Å²) in [6.45, 7) is 0. The van der Waals surface area contributed by atoms with Crippen LogP contribution in [-0.4, -0.2) is 0 Å².